The molecule has 0 aromatic carbocycles. The van der Waals surface area contributed by atoms with Gasteiger partial charge in [-0.3, -0.25) is 4.21 Å². The van der Waals surface area contributed by atoms with E-state index >= 15 is 0 Å². The van der Waals surface area contributed by atoms with Crippen molar-refractivity contribution in [3.05, 3.63) is 0 Å². The van der Waals surface area contributed by atoms with E-state index in [4.69, 9.17) is 0 Å². The van der Waals surface area contributed by atoms with Gasteiger partial charge in [-0.25, -0.2) is 0 Å². The average molecular weight is 455 g/mol. The number of aliphatic hydroxyl groups is 3. The maximum absolute atomic E-state index is 11.6. The van der Waals surface area contributed by atoms with Gasteiger partial charge in [-0.05, 0) is 111 Å². The van der Waals surface area contributed by atoms with Gasteiger partial charge in [0.2, 0.25) is 0 Å². The Labute approximate surface area is 192 Å². The van der Waals surface area contributed by atoms with E-state index in [0.717, 1.165) is 37.0 Å². The van der Waals surface area contributed by atoms with Gasteiger partial charge in [-0.1, -0.05) is 20.8 Å². The van der Waals surface area contributed by atoms with Crippen molar-refractivity contribution >= 4 is 10.8 Å². The number of aliphatic hydroxyl groups excluding tert-OH is 2. The van der Waals surface area contributed by atoms with Crippen LogP contribution in [0.3, 0.4) is 0 Å². The predicted octanol–water partition coefficient (Wildman–Crippen LogP) is 4.13. The highest BCUT2D eigenvalue weighted by Gasteiger charge is 2.61. The first-order chi connectivity index (χ1) is 14.5. The lowest BCUT2D eigenvalue weighted by Gasteiger charge is -2.62. The van der Waals surface area contributed by atoms with Crippen LogP contribution in [0.4, 0.5) is 0 Å². The van der Waals surface area contributed by atoms with Gasteiger partial charge in [-0.15, -0.1) is 0 Å². The van der Waals surface area contributed by atoms with Crippen LogP contribution in [0.5, 0.6) is 0 Å². The molecule has 0 spiro atoms. The molecule has 11 atom stereocenters. The highest BCUT2D eigenvalue weighted by atomic mass is 32.2. The van der Waals surface area contributed by atoms with Crippen molar-refractivity contribution in [1.82, 2.24) is 0 Å². The third-order valence-electron chi connectivity index (χ3n) is 11.2. The lowest BCUT2D eigenvalue weighted by atomic mass is 9.43. The van der Waals surface area contributed by atoms with Crippen molar-refractivity contribution in [3.63, 3.8) is 0 Å². The number of rotatable bonds is 6. The van der Waals surface area contributed by atoms with Gasteiger partial charge < -0.3 is 15.3 Å². The fourth-order valence-electron chi connectivity index (χ4n) is 9.22. The minimum atomic E-state index is -0.833. The zero-order valence-electron chi connectivity index (χ0n) is 20.2. The lowest BCUT2D eigenvalue weighted by Crippen LogP contribution is -2.56. The van der Waals surface area contributed by atoms with Crippen molar-refractivity contribution in [1.29, 1.82) is 0 Å². The molecule has 4 saturated carbocycles. The maximum atomic E-state index is 11.6. The SMILES string of the molecule is CC(C(O)CO)[C@H]1CC[C@H]2[C@@H]3CCC4CC(O)(CCS(C)=O)CC[C@]4(C)[C@H]3CC[C@]12C. The van der Waals surface area contributed by atoms with Crippen molar-refractivity contribution in [2.24, 2.45) is 46.3 Å². The van der Waals surface area contributed by atoms with Gasteiger partial charge in [0.25, 0.3) is 0 Å². The molecule has 180 valence electrons. The Morgan fingerprint density at radius 1 is 1.00 bits per heavy atom. The van der Waals surface area contributed by atoms with E-state index in [1.165, 1.54) is 38.5 Å². The molecule has 4 rings (SSSR count). The highest BCUT2D eigenvalue weighted by molar-refractivity contribution is 7.84. The molecule has 0 amide bonds. The van der Waals surface area contributed by atoms with Crippen LogP contribution < -0.4 is 0 Å². The fourth-order valence-corrected chi connectivity index (χ4v) is 9.89. The van der Waals surface area contributed by atoms with Crippen LogP contribution >= 0.6 is 0 Å². The van der Waals surface area contributed by atoms with Crippen LogP contribution in [0, 0.1) is 46.3 Å². The van der Waals surface area contributed by atoms with Crippen LogP contribution in [0.2, 0.25) is 0 Å². The Kier molecular flexibility index (Phi) is 6.76. The second kappa shape index (κ2) is 8.67. The summed E-state index contributed by atoms with van der Waals surface area (Å²) >= 11 is 0. The Hall–Kier alpha value is 0.0300. The minimum absolute atomic E-state index is 0.126. The summed E-state index contributed by atoms with van der Waals surface area (Å²) in [5, 5.41) is 31.1. The van der Waals surface area contributed by atoms with E-state index in [2.05, 4.69) is 20.8 Å². The molecule has 0 aromatic heterocycles. The van der Waals surface area contributed by atoms with E-state index in [0.29, 0.717) is 34.8 Å². The Morgan fingerprint density at radius 3 is 2.39 bits per heavy atom. The van der Waals surface area contributed by atoms with Crippen molar-refractivity contribution < 1.29 is 19.5 Å². The average Bonchev–Trinajstić information content (AvgIpc) is 3.09. The largest absolute Gasteiger partial charge is 0.394 e. The topological polar surface area (TPSA) is 77.8 Å². The summed E-state index contributed by atoms with van der Waals surface area (Å²) in [5.74, 6) is 4.16. The monoisotopic (exact) mass is 454 g/mol. The van der Waals surface area contributed by atoms with Crippen molar-refractivity contribution in [2.45, 2.75) is 96.7 Å². The van der Waals surface area contributed by atoms with Crippen LogP contribution in [0.1, 0.15) is 85.0 Å². The number of fused-ring (bicyclic) bond motifs is 5. The summed E-state index contributed by atoms with van der Waals surface area (Å²) in [4.78, 5) is 0. The first-order valence-electron chi connectivity index (χ1n) is 12.9. The second-order valence-corrected chi connectivity index (χ2v) is 14.0. The van der Waals surface area contributed by atoms with Crippen LogP contribution in [0.25, 0.3) is 0 Å². The molecular weight excluding hydrogens is 408 g/mol. The molecule has 5 heteroatoms. The van der Waals surface area contributed by atoms with Gasteiger partial charge in [0.15, 0.2) is 0 Å². The van der Waals surface area contributed by atoms with Crippen LogP contribution in [0.15, 0.2) is 0 Å². The maximum Gasteiger partial charge on any atom is 0.0799 e. The fraction of sp³-hybridized carbons (Fsp3) is 1.00. The molecule has 0 saturated heterocycles. The summed E-state index contributed by atoms with van der Waals surface area (Å²) in [6.45, 7) is 7.04. The third-order valence-corrected chi connectivity index (χ3v) is 12.0. The van der Waals surface area contributed by atoms with E-state index in [-0.39, 0.29) is 12.5 Å². The smallest absolute Gasteiger partial charge is 0.0799 e. The quantitative estimate of drug-likeness (QED) is 0.564. The van der Waals surface area contributed by atoms with Crippen LogP contribution in [-0.4, -0.2) is 49.8 Å². The molecule has 4 aliphatic rings. The van der Waals surface area contributed by atoms with Gasteiger partial charge in [-0.2, -0.15) is 0 Å². The third kappa shape index (κ3) is 4.08. The van der Waals surface area contributed by atoms with Crippen LogP contribution in [-0.2, 0) is 10.8 Å². The molecule has 0 aliphatic heterocycles. The zero-order valence-corrected chi connectivity index (χ0v) is 21.0. The van der Waals surface area contributed by atoms with Gasteiger partial charge in [0, 0.05) is 22.8 Å². The zero-order chi connectivity index (χ0) is 22.6. The normalized spacial score (nSPS) is 50.1. The molecule has 4 aliphatic carbocycles. The molecule has 31 heavy (non-hydrogen) atoms. The molecule has 5 unspecified atom stereocenters. The van der Waals surface area contributed by atoms with Crippen molar-refractivity contribution in [2.75, 3.05) is 18.6 Å². The highest BCUT2D eigenvalue weighted by Crippen LogP contribution is 2.69. The molecule has 4 nitrogen and oxygen atoms in total. The predicted molar refractivity (Wildman–Crippen MR) is 126 cm³/mol. The Balaban J connectivity index is 1.49. The number of hydrogen-bond acceptors (Lipinski definition) is 4. The van der Waals surface area contributed by atoms with Gasteiger partial charge in [0.05, 0.1) is 18.3 Å². The van der Waals surface area contributed by atoms with E-state index in [1.54, 1.807) is 6.26 Å². The number of hydrogen-bond donors (Lipinski definition) is 3. The summed E-state index contributed by atoms with van der Waals surface area (Å²) in [5.41, 5.74) is 0.0108. The first-order valence-corrected chi connectivity index (χ1v) is 14.6. The lowest BCUT2D eigenvalue weighted by molar-refractivity contribution is -0.154. The molecule has 4 fully saturated rings. The molecular formula is C26H46O4S. The van der Waals surface area contributed by atoms with E-state index < -0.39 is 22.5 Å². The van der Waals surface area contributed by atoms with E-state index in [1.807, 2.05) is 0 Å². The first kappa shape index (κ1) is 24.2. The van der Waals surface area contributed by atoms with Gasteiger partial charge in [0.1, 0.15) is 0 Å². The second-order valence-electron chi connectivity index (χ2n) is 12.5. The Morgan fingerprint density at radius 2 is 1.71 bits per heavy atom. The van der Waals surface area contributed by atoms with E-state index in [9.17, 15) is 19.5 Å². The molecule has 0 aromatic rings. The molecule has 0 heterocycles. The summed E-state index contributed by atoms with van der Waals surface area (Å²) < 4.78 is 11.6. The minimum Gasteiger partial charge on any atom is -0.394 e. The van der Waals surface area contributed by atoms with Crippen molar-refractivity contribution in [3.8, 4) is 0 Å². The summed E-state index contributed by atoms with van der Waals surface area (Å²) in [7, 11) is -0.833. The molecule has 3 N–H and O–H groups in total. The Bertz CT molecular complexity index is 684. The molecule has 0 bridgehead atoms. The van der Waals surface area contributed by atoms with Gasteiger partial charge >= 0.3 is 0 Å². The summed E-state index contributed by atoms with van der Waals surface area (Å²) in [6, 6.07) is 0. The standard InChI is InChI=1S/C26H46O4S/c1-17(23(28)16-27)20-7-8-21-19-6-5-18-15-26(29,13-14-31(4)30)12-11-24(18,2)22(19)9-10-25(20,21)3/h17-23,27-29H,5-16H2,1-4H3/t17?,18?,19-,20+,21-,22-,23?,24-,25+,26?,31?/m0/s1. The summed E-state index contributed by atoms with van der Waals surface area (Å²) in [6.07, 6.45) is 12.2. The molecule has 0 radical (unpaired) electrons.